The number of nitro benzene ring substituents is 1. The molecule has 2 heterocycles. The Morgan fingerprint density at radius 3 is 2.26 bits per heavy atom. The van der Waals surface area contributed by atoms with Gasteiger partial charge < -0.3 is 9.64 Å². The van der Waals surface area contributed by atoms with E-state index in [-0.39, 0.29) is 11.6 Å². The van der Waals surface area contributed by atoms with Crippen LogP contribution in [-0.2, 0) is 4.74 Å². The van der Waals surface area contributed by atoms with Crippen LogP contribution < -0.4 is 0 Å². The van der Waals surface area contributed by atoms with E-state index in [2.05, 4.69) is 4.90 Å². The Labute approximate surface area is 135 Å². The van der Waals surface area contributed by atoms with Crippen molar-refractivity contribution in [1.29, 1.82) is 0 Å². The summed E-state index contributed by atoms with van der Waals surface area (Å²) in [5.41, 5.74) is 0.515. The highest BCUT2D eigenvalue weighted by Crippen LogP contribution is 2.18. The van der Waals surface area contributed by atoms with Gasteiger partial charge in [-0.05, 0) is 25.0 Å². The van der Waals surface area contributed by atoms with E-state index in [1.807, 2.05) is 4.90 Å². The predicted octanol–water partition coefficient (Wildman–Crippen LogP) is 1.53. The zero-order chi connectivity index (χ0) is 16.2. The average Bonchev–Trinajstić information content (AvgIpc) is 2.62. The van der Waals surface area contributed by atoms with Crippen LogP contribution >= 0.6 is 0 Å². The molecule has 23 heavy (non-hydrogen) atoms. The van der Waals surface area contributed by atoms with Gasteiger partial charge in [-0.25, -0.2) is 0 Å². The van der Waals surface area contributed by atoms with Crippen molar-refractivity contribution >= 4 is 11.6 Å². The number of ether oxygens (including phenoxy) is 1. The molecule has 3 rings (SSSR count). The maximum atomic E-state index is 12.5. The predicted molar refractivity (Wildman–Crippen MR) is 84.4 cm³/mol. The SMILES string of the molecule is O=C(c1ccc([N+](=O)[O-])cc1)N1CCN(C2CCOCC2)CC1. The van der Waals surface area contributed by atoms with E-state index < -0.39 is 4.92 Å². The molecule has 0 radical (unpaired) electrons. The zero-order valence-electron chi connectivity index (χ0n) is 13.0. The summed E-state index contributed by atoms with van der Waals surface area (Å²) in [6.45, 7) is 4.81. The van der Waals surface area contributed by atoms with E-state index in [0.29, 0.717) is 24.7 Å². The molecule has 1 aromatic rings. The smallest absolute Gasteiger partial charge is 0.269 e. The van der Waals surface area contributed by atoms with E-state index in [4.69, 9.17) is 4.74 Å². The summed E-state index contributed by atoms with van der Waals surface area (Å²) < 4.78 is 5.40. The summed E-state index contributed by atoms with van der Waals surface area (Å²) in [6.07, 6.45) is 2.13. The van der Waals surface area contributed by atoms with Crippen LogP contribution in [-0.4, -0.2) is 66.1 Å². The summed E-state index contributed by atoms with van der Waals surface area (Å²) in [5, 5.41) is 10.7. The van der Waals surface area contributed by atoms with E-state index in [9.17, 15) is 14.9 Å². The minimum atomic E-state index is -0.457. The van der Waals surface area contributed by atoms with Gasteiger partial charge in [0.25, 0.3) is 11.6 Å². The number of non-ortho nitro benzene ring substituents is 1. The molecule has 7 heteroatoms. The Bertz CT molecular complexity index is 561. The third kappa shape index (κ3) is 3.68. The zero-order valence-corrected chi connectivity index (χ0v) is 13.0. The molecule has 0 unspecified atom stereocenters. The van der Waals surface area contributed by atoms with Gasteiger partial charge in [0.15, 0.2) is 0 Å². The van der Waals surface area contributed by atoms with Gasteiger partial charge in [-0.15, -0.1) is 0 Å². The van der Waals surface area contributed by atoms with E-state index in [0.717, 1.165) is 39.1 Å². The number of carbonyl (C=O) groups excluding carboxylic acids is 1. The molecule has 0 N–H and O–H groups in total. The number of amides is 1. The molecule has 0 saturated carbocycles. The quantitative estimate of drug-likeness (QED) is 0.624. The van der Waals surface area contributed by atoms with Crippen molar-refractivity contribution in [1.82, 2.24) is 9.80 Å². The minimum absolute atomic E-state index is 0.00545. The fraction of sp³-hybridized carbons (Fsp3) is 0.562. The van der Waals surface area contributed by atoms with Gasteiger partial charge in [0.05, 0.1) is 4.92 Å². The van der Waals surface area contributed by atoms with Crippen molar-refractivity contribution < 1.29 is 14.5 Å². The monoisotopic (exact) mass is 319 g/mol. The molecule has 0 aliphatic carbocycles. The molecule has 0 atom stereocenters. The molecule has 0 bridgehead atoms. The third-order valence-electron chi connectivity index (χ3n) is 4.63. The van der Waals surface area contributed by atoms with Crippen LogP contribution in [0.3, 0.4) is 0 Å². The molecule has 2 aliphatic heterocycles. The van der Waals surface area contributed by atoms with Crippen LogP contribution in [0.5, 0.6) is 0 Å². The highest BCUT2D eigenvalue weighted by atomic mass is 16.6. The van der Waals surface area contributed by atoms with Gasteiger partial charge >= 0.3 is 0 Å². The van der Waals surface area contributed by atoms with E-state index in [1.165, 1.54) is 24.3 Å². The molecule has 0 aromatic heterocycles. The van der Waals surface area contributed by atoms with Crippen LogP contribution in [0.25, 0.3) is 0 Å². The Morgan fingerprint density at radius 2 is 1.70 bits per heavy atom. The normalized spacial score (nSPS) is 20.4. The number of hydrogen-bond donors (Lipinski definition) is 0. The first-order valence-electron chi connectivity index (χ1n) is 8.00. The number of benzene rings is 1. The molecule has 1 amide bonds. The van der Waals surface area contributed by atoms with Gasteiger partial charge in [0.1, 0.15) is 0 Å². The molecule has 7 nitrogen and oxygen atoms in total. The molecule has 1 aromatic carbocycles. The van der Waals surface area contributed by atoms with Gasteiger partial charge in [-0.1, -0.05) is 0 Å². The van der Waals surface area contributed by atoms with Gasteiger partial charge in [0, 0.05) is 63.1 Å². The Balaban J connectivity index is 1.56. The maximum Gasteiger partial charge on any atom is 0.269 e. The highest BCUT2D eigenvalue weighted by molar-refractivity contribution is 5.94. The molecule has 2 saturated heterocycles. The average molecular weight is 319 g/mol. The second-order valence-corrected chi connectivity index (χ2v) is 5.98. The first kappa shape index (κ1) is 15.9. The topological polar surface area (TPSA) is 75.9 Å². The third-order valence-corrected chi connectivity index (χ3v) is 4.63. The van der Waals surface area contributed by atoms with Crippen molar-refractivity contribution in [3.63, 3.8) is 0 Å². The lowest BCUT2D eigenvalue weighted by molar-refractivity contribution is -0.384. The summed E-state index contributed by atoms with van der Waals surface area (Å²) in [7, 11) is 0. The molecular weight excluding hydrogens is 298 g/mol. The summed E-state index contributed by atoms with van der Waals surface area (Å²) in [5.74, 6) is -0.0495. The standard InChI is InChI=1S/C16H21N3O4/c20-16(13-1-3-15(4-2-13)19(21)22)18-9-7-17(8-10-18)14-5-11-23-12-6-14/h1-4,14H,5-12H2. The number of nitrogens with zero attached hydrogens (tertiary/aromatic N) is 3. The maximum absolute atomic E-state index is 12.5. The first-order chi connectivity index (χ1) is 11.1. The lowest BCUT2D eigenvalue weighted by Gasteiger charge is -2.40. The lowest BCUT2D eigenvalue weighted by Crippen LogP contribution is -2.53. The van der Waals surface area contributed by atoms with E-state index >= 15 is 0 Å². The van der Waals surface area contributed by atoms with Crippen molar-refractivity contribution in [3.05, 3.63) is 39.9 Å². The molecule has 0 spiro atoms. The lowest BCUT2D eigenvalue weighted by atomic mass is 10.1. The van der Waals surface area contributed by atoms with Crippen molar-refractivity contribution in [2.75, 3.05) is 39.4 Å². The summed E-state index contributed by atoms with van der Waals surface area (Å²) in [6, 6.07) is 6.40. The van der Waals surface area contributed by atoms with Crippen LogP contribution in [0, 0.1) is 10.1 Å². The van der Waals surface area contributed by atoms with Crippen LogP contribution in [0.15, 0.2) is 24.3 Å². The van der Waals surface area contributed by atoms with Gasteiger partial charge in [-0.3, -0.25) is 19.8 Å². The van der Waals surface area contributed by atoms with Gasteiger partial charge in [0.2, 0.25) is 0 Å². The Morgan fingerprint density at radius 1 is 1.09 bits per heavy atom. The molecule has 2 fully saturated rings. The Hall–Kier alpha value is -1.99. The summed E-state index contributed by atoms with van der Waals surface area (Å²) in [4.78, 5) is 27.0. The Kier molecular flexibility index (Phi) is 4.88. The number of nitro groups is 1. The van der Waals surface area contributed by atoms with Crippen LogP contribution in [0.4, 0.5) is 5.69 Å². The molecule has 2 aliphatic rings. The van der Waals surface area contributed by atoms with Crippen molar-refractivity contribution in [2.45, 2.75) is 18.9 Å². The number of carbonyl (C=O) groups is 1. The fourth-order valence-corrected chi connectivity index (χ4v) is 3.25. The molecular formula is C16H21N3O4. The second-order valence-electron chi connectivity index (χ2n) is 5.98. The van der Waals surface area contributed by atoms with Crippen molar-refractivity contribution in [2.24, 2.45) is 0 Å². The number of piperazine rings is 1. The number of rotatable bonds is 3. The second kappa shape index (κ2) is 7.06. The highest BCUT2D eigenvalue weighted by Gasteiger charge is 2.27. The van der Waals surface area contributed by atoms with Gasteiger partial charge in [-0.2, -0.15) is 0 Å². The van der Waals surface area contributed by atoms with E-state index in [1.54, 1.807) is 0 Å². The minimum Gasteiger partial charge on any atom is -0.381 e. The van der Waals surface area contributed by atoms with Crippen LogP contribution in [0.1, 0.15) is 23.2 Å². The summed E-state index contributed by atoms with van der Waals surface area (Å²) >= 11 is 0. The molecule has 124 valence electrons. The van der Waals surface area contributed by atoms with Crippen LogP contribution in [0.2, 0.25) is 0 Å². The largest absolute Gasteiger partial charge is 0.381 e. The van der Waals surface area contributed by atoms with Crippen molar-refractivity contribution in [3.8, 4) is 0 Å². The number of hydrogen-bond acceptors (Lipinski definition) is 5. The fourth-order valence-electron chi connectivity index (χ4n) is 3.25. The first-order valence-corrected chi connectivity index (χ1v) is 8.00.